The highest BCUT2D eigenvalue weighted by molar-refractivity contribution is 6.10. The van der Waals surface area contributed by atoms with Crippen molar-refractivity contribution in [2.75, 3.05) is 49.5 Å². The lowest BCUT2D eigenvalue weighted by Crippen LogP contribution is -2.50. The van der Waals surface area contributed by atoms with Gasteiger partial charge in [0.05, 0.1) is 0 Å². The first-order valence-corrected chi connectivity index (χ1v) is 13.0. The van der Waals surface area contributed by atoms with Crippen molar-refractivity contribution in [1.29, 1.82) is 0 Å². The zero-order valence-corrected chi connectivity index (χ0v) is 21.9. The molecule has 1 aromatic carbocycles. The van der Waals surface area contributed by atoms with Gasteiger partial charge in [0.25, 0.3) is 5.91 Å². The van der Waals surface area contributed by atoms with Gasteiger partial charge in [0.2, 0.25) is 5.91 Å². The molecule has 35 heavy (non-hydrogen) atoms. The van der Waals surface area contributed by atoms with Gasteiger partial charge in [0, 0.05) is 37.6 Å². The number of benzene rings is 1. The highest BCUT2D eigenvalue weighted by Gasteiger charge is 2.53. The number of likely N-dealkylation sites (N-methyl/N-ethyl adjacent to an activating group) is 1. The van der Waals surface area contributed by atoms with Gasteiger partial charge in [-0.05, 0) is 74.2 Å². The monoisotopic (exact) mass is 483 g/mol. The molecule has 0 bridgehead atoms. The summed E-state index contributed by atoms with van der Waals surface area (Å²) in [5, 5.41) is 5.79. The second kappa shape index (κ2) is 9.80. The van der Waals surface area contributed by atoms with Gasteiger partial charge >= 0.3 is 6.03 Å². The van der Waals surface area contributed by atoms with Crippen molar-refractivity contribution in [2.45, 2.75) is 65.8 Å². The lowest BCUT2D eigenvalue weighted by molar-refractivity contribution is -0.135. The number of hydrogen-bond acceptors (Lipinski definition) is 5. The third-order valence-corrected chi connectivity index (χ3v) is 8.25. The van der Waals surface area contributed by atoms with Crippen LogP contribution in [0.15, 0.2) is 18.2 Å². The van der Waals surface area contributed by atoms with Crippen LogP contribution in [0.1, 0.15) is 58.9 Å². The fourth-order valence-electron chi connectivity index (χ4n) is 5.87. The molecule has 1 aliphatic carbocycles. The molecule has 0 unspecified atom stereocenters. The van der Waals surface area contributed by atoms with E-state index in [1.54, 1.807) is 0 Å². The maximum atomic E-state index is 13.2. The Balaban J connectivity index is 1.34. The molecule has 8 nitrogen and oxygen atoms in total. The van der Waals surface area contributed by atoms with Crippen molar-refractivity contribution >= 4 is 29.2 Å². The number of carbonyl (C=O) groups excluding carboxylic acids is 3. The lowest BCUT2D eigenvalue weighted by Gasteiger charge is -2.40. The highest BCUT2D eigenvalue weighted by Crippen LogP contribution is 2.43. The second-order valence-corrected chi connectivity index (χ2v) is 11.5. The minimum Gasteiger partial charge on any atom is -0.369 e. The number of nitrogens with one attached hydrogen (secondary N) is 2. The summed E-state index contributed by atoms with van der Waals surface area (Å²) < 4.78 is 0. The van der Waals surface area contributed by atoms with Crippen LogP contribution in [0.4, 0.5) is 16.2 Å². The zero-order valence-electron chi connectivity index (χ0n) is 21.9. The summed E-state index contributed by atoms with van der Waals surface area (Å²) in [6, 6.07) is 5.44. The zero-order chi connectivity index (χ0) is 25.4. The molecule has 1 spiro atoms. The molecule has 8 heteroatoms. The van der Waals surface area contributed by atoms with Crippen LogP contribution < -0.4 is 15.5 Å². The number of aryl methyl sites for hydroxylation is 1. The van der Waals surface area contributed by atoms with Crippen LogP contribution >= 0.6 is 0 Å². The molecule has 0 atom stereocenters. The van der Waals surface area contributed by atoms with Crippen LogP contribution in [0.25, 0.3) is 0 Å². The Morgan fingerprint density at radius 1 is 1.11 bits per heavy atom. The number of amides is 4. The van der Waals surface area contributed by atoms with E-state index in [9.17, 15) is 14.4 Å². The Labute approximate surface area is 209 Å². The van der Waals surface area contributed by atoms with Crippen molar-refractivity contribution < 1.29 is 14.4 Å². The summed E-state index contributed by atoms with van der Waals surface area (Å²) in [6.45, 7) is 15.8. The van der Waals surface area contributed by atoms with Crippen molar-refractivity contribution in [1.82, 2.24) is 15.1 Å². The topological polar surface area (TPSA) is 85.0 Å². The minimum absolute atomic E-state index is 0.185. The summed E-state index contributed by atoms with van der Waals surface area (Å²) >= 11 is 0. The van der Waals surface area contributed by atoms with E-state index in [4.69, 9.17) is 0 Å². The van der Waals surface area contributed by atoms with Gasteiger partial charge in [-0.1, -0.05) is 27.7 Å². The van der Waals surface area contributed by atoms with Crippen LogP contribution in [0.2, 0.25) is 0 Å². The maximum absolute atomic E-state index is 13.2. The van der Waals surface area contributed by atoms with E-state index in [0.717, 1.165) is 56.0 Å². The van der Waals surface area contributed by atoms with Crippen molar-refractivity contribution in [2.24, 2.45) is 11.3 Å². The van der Waals surface area contributed by atoms with Gasteiger partial charge in [-0.3, -0.25) is 14.5 Å². The molecule has 4 amide bonds. The smallest absolute Gasteiger partial charge is 0.325 e. The SMILES string of the molecule is CCN1CCN(c2ccc(NC(=O)CN3C(=O)NC4(CCC(C(C)(C)C)CC4)C3=O)cc2C)CC1. The van der Waals surface area contributed by atoms with Crippen molar-refractivity contribution in [3.8, 4) is 0 Å². The quantitative estimate of drug-likeness (QED) is 0.625. The number of anilines is 2. The average Bonchev–Trinajstić information content (AvgIpc) is 3.03. The predicted octanol–water partition coefficient (Wildman–Crippen LogP) is 3.60. The van der Waals surface area contributed by atoms with Crippen LogP contribution in [-0.4, -0.2) is 72.5 Å². The van der Waals surface area contributed by atoms with Gasteiger partial charge in [0.15, 0.2) is 0 Å². The average molecular weight is 484 g/mol. The molecule has 192 valence electrons. The van der Waals surface area contributed by atoms with Crippen LogP contribution in [0.5, 0.6) is 0 Å². The first-order valence-electron chi connectivity index (χ1n) is 13.0. The molecule has 0 radical (unpaired) electrons. The lowest BCUT2D eigenvalue weighted by atomic mass is 9.67. The van der Waals surface area contributed by atoms with Gasteiger partial charge < -0.3 is 20.4 Å². The maximum Gasteiger partial charge on any atom is 0.325 e. The second-order valence-electron chi connectivity index (χ2n) is 11.5. The van der Waals surface area contributed by atoms with E-state index in [2.05, 4.69) is 48.1 Å². The first-order chi connectivity index (χ1) is 16.5. The van der Waals surface area contributed by atoms with Crippen LogP contribution in [0, 0.1) is 18.3 Å². The number of imide groups is 1. The number of hydrogen-bond donors (Lipinski definition) is 2. The molecule has 4 rings (SSSR count). The third-order valence-electron chi connectivity index (χ3n) is 8.25. The van der Waals surface area contributed by atoms with E-state index in [1.165, 1.54) is 5.69 Å². The molecule has 3 fully saturated rings. The number of carbonyl (C=O) groups is 3. The first kappa shape index (κ1) is 25.5. The Morgan fingerprint density at radius 3 is 2.34 bits per heavy atom. The van der Waals surface area contributed by atoms with Crippen LogP contribution in [-0.2, 0) is 9.59 Å². The molecular formula is C27H41N5O3. The number of piperazine rings is 1. The fourth-order valence-corrected chi connectivity index (χ4v) is 5.87. The molecule has 3 aliphatic rings. The normalized spacial score (nSPS) is 25.8. The Morgan fingerprint density at radius 2 is 1.77 bits per heavy atom. The van der Waals surface area contributed by atoms with E-state index < -0.39 is 11.6 Å². The van der Waals surface area contributed by atoms with E-state index in [-0.39, 0.29) is 23.8 Å². The van der Waals surface area contributed by atoms with Gasteiger partial charge in [0.1, 0.15) is 12.1 Å². The molecule has 2 heterocycles. The Hall–Kier alpha value is -2.61. The van der Waals surface area contributed by atoms with Gasteiger partial charge in [-0.15, -0.1) is 0 Å². The molecule has 1 saturated carbocycles. The Bertz CT molecular complexity index is 970. The fraction of sp³-hybridized carbons (Fsp3) is 0.667. The van der Waals surface area contributed by atoms with Crippen molar-refractivity contribution in [3.05, 3.63) is 23.8 Å². The molecular weight excluding hydrogens is 442 g/mol. The number of urea groups is 1. The standard InChI is InChI=1S/C27H41N5O3/c1-6-30-13-15-31(16-14-30)22-8-7-21(17-19(22)2)28-23(33)18-32-24(34)27(29-25(32)35)11-9-20(10-12-27)26(3,4)5/h7-8,17,20H,6,9-16,18H2,1-5H3,(H,28,33)(H,29,35). The predicted molar refractivity (Wildman–Crippen MR) is 139 cm³/mol. The minimum atomic E-state index is -0.848. The number of nitrogens with zero attached hydrogens (tertiary/aromatic N) is 3. The van der Waals surface area contributed by atoms with Gasteiger partial charge in [-0.2, -0.15) is 0 Å². The third kappa shape index (κ3) is 5.32. The largest absolute Gasteiger partial charge is 0.369 e. The van der Waals surface area contributed by atoms with Crippen molar-refractivity contribution in [3.63, 3.8) is 0 Å². The summed E-state index contributed by atoms with van der Waals surface area (Å²) in [4.78, 5) is 44.5. The summed E-state index contributed by atoms with van der Waals surface area (Å²) in [6.07, 6.45) is 3.05. The molecule has 2 N–H and O–H groups in total. The molecule has 2 saturated heterocycles. The van der Waals surface area contributed by atoms with Gasteiger partial charge in [-0.25, -0.2) is 4.79 Å². The summed E-state index contributed by atoms with van der Waals surface area (Å²) in [5.74, 6) is -0.0997. The van der Waals surface area contributed by atoms with E-state index in [0.29, 0.717) is 24.4 Å². The highest BCUT2D eigenvalue weighted by atomic mass is 16.2. The summed E-state index contributed by atoms with van der Waals surface area (Å²) in [7, 11) is 0. The molecule has 1 aromatic rings. The van der Waals surface area contributed by atoms with Crippen LogP contribution in [0.3, 0.4) is 0 Å². The van der Waals surface area contributed by atoms with E-state index in [1.807, 2.05) is 25.1 Å². The molecule has 2 aliphatic heterocycles. The molecule has 0 aromatic heterocycles. The summed E-state index contributed by atoms with van der Waals surface area (Å²) in [5.41, 5.74) is 2.29. The Kier molecular flexibility index (Phi) is 7.13. The number of rotatable bonds is 5. The van der Waals surface area contributed by atoms with E-state index >= 15 is 0 Å².